The first-order valence-corrected chi connectivity index (χ1v) is 13.3. The zero-order chi connectivity index (χ0) is 26.3. The lowest BCUT2D eigenvalue weighted by Crippen LogP contribution is -2.59. The van der Waals surface area contributed by atoms with Crippen LogP contribution in [0.1, 0.15) is 44.2 Å². The molecule has 2 aromatic carbocycles. The highest BCUT2D eigenvalue weighted by Gasteiger charge is 2.53. The van der Waals surface area contributed by atoms with Gasteiger partial charge in [-0.3, -0.25) is 10.1 Å². The number of hydrogen-bond acceptors (Lipinski definition) is 4. The molecule has 2 aromatic rings. The van der Waals surface area contributed by atoms with E-state index in [1.54, 1.807) is 17.0 Å². The van der Waals surface area contributed by atoms with Crippen LogP contribution in [0.3, 0.4) is 0 Å². The molecular weight excluding hydrogens is 498 g/mol. The summed E-state index contributed by atoms with van der Waals surface area (Å²) in [6.07, 6.45) is -3.35. The number of carbonyl (C=O) groups excluding carboxylic acids is 1. The molecule has 2 aliphatic heterocycles. The van der Waals surface area contributed by atoms with Crippen LogP contribution in [0.5, 0.6) is 0 Å². The third kappa shape index (κ3) is 5.01. The molecule has 0 radical (unpaired) electrons. The molecule has 0 unspecified atom stereocenters. The van der Waals surface area contributed by atoms with E-state index < -0.39 is 38.4 Å². The van der Waals surface area contributed by atoms with Crippen molar-refractivity contribution in [1.29, 1.82) is 0 Å². The van der Waals surface area contributed by atoms with E-state index in [1.807, 2.05) is 13.8 Å². The summed E-state index contributed by atoms with van der Waals surface area (Å²) < 4.78 is 80.3. The van der Waals surface area contributed by atoms with E-state index in [9.17, 15) is 30.8 Å². The Morgan fingerprint density at radius 3 is 2.33 bits per heavy atom. The van der Waals surface area contributed by atoms with Crippen molar-refractivity contribution in [2.45, 2.75) is 62.4 Å². The van der Waals surface area contributed by atoms with Gasteiger partial charge in [0.25, 0.3) is 0 Å². The summed E-state index contributed by atoms with van der Waals surface area (Å²) in [7, 11) is -4.16. The fraction of sp³-hybridized carbons (Fsp3) is 0.480. The Morgan fingerprint density at radius 1 is 1.11 bits per heavy atom. The summed E-state index contributed by atoms with van der Waals surface area (Å²) in [6, 6.07) is 9.16. The highest BCUT2D eigenvalue weighted by atomic mass is 32.2. The average Bonchev–Trinajstić information content (AvgIpc) is 3.11. The number of halogens is 4. The van der Waals surface area contributed by atoms with E-state index in [4.69, 9.17) is 0 Å². The Morgan fingerprint density at radius 2 is 1.75 bits per heavy atom. The minimum Gasteiger partial charge on any atom is -0.319 e. The number of nitrogens with zero attached hydrogens (tertiary/aromatic N) is 2. The van der Waals surface area contributed by atoms with Crippen molar-refractivity contribution in [2.24, 2.45) is 5.92 Å². The summed E-state index contributed by atoms with van der Waals surface area (Å²) >= 11 is 0. The number of nitrogens with one attached hydrogen (secondary N) is 1. The zero-order valence-corrected chi connectivity index (χ0v) is 20.9. The van der Waals surface area contributed by atoms with Crippen LogP contribution in [0, 0.1) is 11.7 Å². The second kappa shape index (κ2) is 9.75. The van der Waals surface area contributed by atoms with E-state index in [-0.39, 0.29) is 50.1 Å². The maximum absolute atomic E-state index is 13.4. The smallest absolute Gasteiger partial charge is 0.319 e. The molecule has 0 aromatic heterocycles. The van der Waals surface area contributed by atoms with Gasteiger partial charge in [-0.1, -0.05) is 38.5 Å². The van der Waals surface area contributed by atoms with Gasteiger partial charge in [0.1, 0.15) is 5.82 Å². The Bertz CT molecular complexity index is 1210. The Hall–Kier alpha value is -2.50. The molecular formula is C25H29F4N3O3S. The van der Waals surface area contributed by atoms with Gasteiger partial charge in [0, 0.05) is 19.6 Å². The van der Waals surface area contributed by atoms with Gasteiger partial charge >= 0.3 is 6.18 Å². The van der Waals surface area contributed by atoms with Crippen LogP contribution in [0.4, 0.5) is 17.6 Å². The fourth-order valence-electron chi connectivity index (χ4n) is 4.92. The Balaban J connectivity index is 1.58. The van der Waals surface area contributed by atoms with Crippen molar-refractivity contribution in [1.82, 2.24) is 14.5 Å². The SMILES string of the molecule is CC[C@@H](C)[C@@H]1NC2(CCN(S(=O)(=O)c3cccc(C(F)(F)F)c3)CC2)N(Cc2ccc(F)cc2)C1=O. The molecule has 0 bridgehead atoms. The van der Waals surface area contributed by atoms with E-state index in [1.165, 1.54) is 16.4 Å². The van der Waals surface area contributed by atoms with Gasteiger partial charge in [0.15, 0.2) is 0 Å². The predicted molar refractivity (Wildman–Crippen MR) is 125 cm³/mol. The number of carbonyl (C=O) groups is 1. The number of piperidine rings is 1. The molecule has 0 aliphatic carbocycles. The zero-order valence-electron chi connectivity index (χ0n) is 20.1. The number of hydrogen-bond donors (Lipinski definition) is 1. The minimum atomic E-state index is -4.66. The molecule has 2 fully saturated rings. The van der Waals surface area contributed by atoms with Gasteiger partial charge in [-0.25, -0.2) is 12.8 Å². The highest BCUT2D eigenvalue weighted by Crippen LogP contribution is 2.38. The molecule has 4 rings (SSSR count). The number of benzene rings is 2. The normalized spacial score (nSPS) is 21.8. The van der Waals surface area contributed by atoms with Crippen molar-refractivity contribution in [3.8, 4) is 0 Å². The van der Waals surface area contributed by atoms with Gasteiger partial charge in [-0.15, -0.1) is 0 Å². The van der Waals surface area contributed by atoms with Crippen molar-refractivity contribution < 1.29 is 30.8 Å². The standard InChI is InChI=1S/C25H29F4N3O3S/c1-3-17(2)22-23(33)32(16-18-7-9-20(26)10-8-18)24(30-22)11-13-31(14-12-24)36(34,35)21-6-4-5-19(15-21)25(27,28)29/h4-10,15,17,22,30H,3,11-14,16H2,1-2H3/t17-,22+/m1/s1. The average molecular weight is 528 g/mol. The van der Waals surface area contributed by atoms with Crippen molar-refractivity contribution in [2.75, 3.05) is 13.1 Å². The van der Waals surface area contributed by atoms with E-state index in [0.717, 1.165) is 30.2 Å². The summed E-state index contributed by atoms with van der Waals surface area (Å²) in [4.78, 5) is 14.7. The lowest BCUT2D eigenvalue weighted by Gasteiger charge is -2.44. The molecule has 1 N–H and O–H groups in total. The van der Waals surface area contributed by atoms with Gasteiger partial charge in [-0.2, -0.15) is 17.5 Å². The number of amides is 1. The third-order valence-electron chi connectivity index (χ3n) is 7.29. The fourth-order valence-corrected chi connectivity index (χ4v) is 6.41. The first-order chi connectivity index (χ1) is 16.9. The molecule has 196 valence electrons. The second-order valence-corrected chi connectivity index (χ2v) is 11.5. The van der Waals surface area contributed by atoms with Crippen LogP contribution >= 0.6 is 0 Å². The highest BCUT2D eigenvalue weighted by molar-refractivity contribution is 7.89. The van der Waals surface area contributed by atoms with Crippen LogP contribution < -0.4 is 5.32 Å². The van der Waals surface area contributed by atoms with Crippen LogP contribution in [-0.2, 0) is 27.5 Å². The first-order valence-electron chi connectivity index (χ1n) is 11.9. The first kappa shape index (κ1) is 26.6. The molecule has 2 aliphatic rings. The van der Waals surface area contributed by atoms with E-state index in [2.05, 4.69) is 5.32 Å². The monoisotopic (exact) mass is 527 g/mol. The summed E-state index contributed by atoms with van der Waals surface area (Å²) in [6.45, 7) is 4.26. The maximum atomic E-state index is 13.4. The molecule has 36 heavy (non-hydrogen) atoms. The number of rotatable bonds is 6. The van der Waals surface area contributed by atoms with Gasteiger partial charge < -0.3 is 4.90 Å². The van der Waals surface area contributed by atoms with E-state index >= 15 is 0 Å². The second-order valence-electron chi connectivity index (χ2n) is 9.52. The van der Waals surface area contributed by atoms with Gasteiger partial charge in [0.2, 0.25) is 15.9 Å². The minimum absolute atomic E-state index is 0.0337. The van der Waals surface area contributed by atoms with Crippen LogP contribution in [-0.4, -0.2) is 48.3 Å². The number of sulfonamides is 1. The summed E-state index contributed by atoms with van der Waals surface area (Å²) in [5.74, 6) is -0.438. The molecule has 0 saturated carbocycles. The molecule has 2 saturated heterocycles. The van der Waals surface area contributed by atoms with Gasteiger partial charge in [-0.05, 0) is 54.7 Å². The Kier molecular flexibility index (Phi) is 7.20. The lowest BCUT2D eigenvalue weighted by atomic mass is 9.96. The van der Waals surface area contributed by atoms with E-state index in [0.29, 0.717) is 6.07 Å². The van der Waals surface area contributed by atoms with Crippen molar-refractivity contribution >= 4 is 15.9 Å². The third-order valence-corrected chi connectivity index (χ3v) is 9.18. The predicted octanol–water partition coefficient (Wildman–Crippen LogP) is 4.37. The molecule has 1 spiro atoms. The van der Waals surface area contributed by atoms with Crippen LogP contribution in [0.2, 0.25) is 0 Å². The maximum Gasteiger partial charge on any atom is 0.416 e. The molecule has 6 nitrogen and oxygen atoms in total. The van der Waals surface area contributed by atoms with Crippen molar-refractivity contribution in [3.63, 3.8) is 0 Å². The molecule has 2 heterocycles. The topological polar surface area (TPSA) is 69.7 Å². The lowest BCUT2D eigenvalue weighted by molar-refractivity contribution is -0.137. The Labute approximate surface area is 208 Å². The van der Waals surface area contributed by atoms with Gasteiger partial charge in [0.05, 0.1) is 22.2 Å². The number of alkyl halides is 3. The largest absolute Gasteiger partial charge is 0.416 e. The van der Waals surface area contributed by atoms with Crippen molar-refractivity contribution in [3.05, 3.63) is 65.5 Å². The summed E-state index contributed by atoms with van der Waals surface area (Å²) in [5.41, 5.74) is -1.09. The quantitative estimate of drug-likeness (QED) is 0.567. The molecule has 1 amide bonds. The molecule has 11 heteroatoms. The molecule has 2 atom stereocenters. The summed E-state index contributed by atoms with van der Waals surface area (Å²) in [5, 5.41) is 3.46. The van der Waals surface area contributed by atoms with Crippen LogP contribution in [0.25, 0.3) is 0 Å². The van der Waals surface area contributed by atoms with Crippen LogP contribution in [0.15, 0.2) is 53.4 Å².